The van der Waals surface area contributed by atoms with Gasteiger partial charge in [-0.2, -0.15) is 9.78 Å². The summed E-state index contributed by atoms with van der Waals surface area (Å²) in [6, 6.07) is 5.89. The van der Waals surface area contributed by atoms with Gasteiger partial charge in [0.25, 0.3) is 0 Å². The maximum atomic E-state index is 13.4. The van der Waals surface area contributed by atoms with Crippen LogP contribution in [0, 0.1) is 12.7 Å². The molecule has 1 heterocycles. The highest BCUT2D eigenvalue weighted by molar-refractivity contribution is 6.31. The maximum absolute atomic E-state index is 13.4. The Labute approximate surface area is 133 Å². The van der Waals surface area contributed by atoms with Crippen molar-refractivity contribution in [3.05, 3.63) is 52.1 Å². The molecule has 1 aromatic heterocycles. The van der Waals surface area contributed by atoms with Gasteiger partial charge in [0.1, 0.15) is 11.4 Å². The second kappa shape index (κ2) is 6.08. The van der Waals surface area contributed by atoms with E-state index in [9.17, 15) is 9.18 Å². The fraction of sp³-hybridized carbons (Fsp3) is 0.375. The number of carbonyl (C=O) groups excluding carboxylic acids is 1. The van der Waals surface area contributed by atoms with Crippen LogP contribution in [0.5, 0.6) is 0 Å². The van der Waals surface area contributed by atoms with E-state index in [1.807, 2.05) is 0 Å². The van der Waals surface area contributed by atoms with E-state index in [-0.39, 0.29) is 12.2 Å². The van der Waals surface area contributed by atoms with Crippen LogP contribution in [0.2, 0.25) is 5.02 Å². The molecule has 6 heteroatoms. The van der Waals surface area contributed by atoms with Gasteiger partial charge in [-0.25, -0.2) is 9.18 Å². The first kappa shape index (κ1) is 16.5. The van der Waals surface area contributed by atoms with Gasteiger partial charge in [-0.3, -0.25) is 0 Å². The summed E-state index contributed by atoms with van der Waals surface area (Å²) in [6.45, 7) is 7.12. The quantitative estimate of drug-likeness (QED) is 0.824. The van der Waals surface area contributed by atoms with Crippen molar-refractivity contribution in [1.29, 1.82) is 0 Å². The molecule has 0 aliphatic heterocycles. The van der Waals surface area contributed by atoms with Crippen LogP contribution in [0.15, 0.2) is 24.3 Å². The third-order valence-electron chi connectivity index (χ3n) is 2.85. The van der Waals surface area contributed by atoms with Gasteiger partial charge in [-0.15, -0.1) is 0 Å². The highest BCUT2D eigenvalue weighted by Crippen LogP contribution is 2.21. The third kappa shape index (κ3) is 4.07. The number of halogens is 2. The SMILES string of the molecule is Cc1cc(Cc2cc(F)ccc2Cl)n(C(=O)OC(C)(C)C)n1. The van der Waals surface area contributed by atoms with E-state index in [0.29, 0.717) is 22.0 Å². The molecule has 1 aromatic carbocycles. The van der Waals surface area contributed by atoms with Crippen molar-refractivity contribution in [2.24, 2.45) is 0 Å². The molecule has 0 fully saturated rings. The number of hydrogen-bond donors (Lipinski definition) is 0. The van der Waals surface area contributed by atoms with Crippen LogP contribution in [0.3, 0.4) is 0 Å². The molecule has 0 bridgehead atoms. The third-order valence-corrected chi connectivity index (χ3v) is 3.22. The lowest BCUT2D eigenvalue weighted by atomic mass is 10.1. The first-order chi connectivity index (χ1) is 10.2. The van der Waals surface area contributed by atoms with Crippen LogP contribution in [-0.4, -0.2) is 21.5 Å². The number of carbonyl (C=O) groups is 1. The lowest BCUT2D eigenvalue weighted by Gasteiger charge is -2.19. The molecular formula is C16H18ClFN2O2. The van der Waals surface area contributed by atoms with Crippen molar-refractivity contribution in [2.75, 3.05) is 0 Å². The molecule has 0 aliphatic carbocycles. The first-order valence-corrected chi connectivity index (χ1v) is 7.26. The van der Waals surface area contributed by atoms with Crippen molar-refractivity contribution in [2.45, 2.75) is 39.7 Å². The molecule has 0 N–H and O–H groups in total. The van der Waals surface area contributed by atoms with Crippen LogP contribution in [0.4, 0.5) is 9.18 Å². The van der Waals surface area contributed by atoms with Gasteiger partial charge >= 0.3 is 6.09 Å². The van der Waals surface area contributed by atoms with Gasteiger partial charge in [0.2, 0.25) is 0 Å². The molecule has 0 saturated heterocycles. The van der Waals surface area contributed by atoms with Gasteiger partial charge in [-0.05, 0) is 57.5 Å². The maximum Gasteiger partial charge on any atom is 0.435 e. The second-order valence-corrected chi connectivity index (χ2v) is 6.49. The molecule has 2 rings (SSSR count). The van der Waals surface area contributed by atoms with Gasteiger partial charge in [0.05, 0.1) is 11.4 Å². The van der Waals surface area contributed by atoms with Crippen LogP contribution in [-0.2, 0) is 11.2 Å². The molecule has 22 heavy (non-hydrogen) atoms. The van der Waals surface area contributed by atoms with Crippen LogP contribution in [0.1, 0.15) is 37.7 Å². The van der Waals surface area contributed by atoms with E-state index in [1.165, 1.54) is 22.9 Å². The highest BCUT2D eigenvalue weighted by atomic mass is 35.5. The molecule has 0 aliphatic rings. The predicted molar refractivity (Wildman–Crippen MR) is 82.8 cm³/mol. The van der Waals surface area contributed by atoms with E-state index in [2.05, 4.69) is 5.10 Å². The number of benzene rings is 1. The Kier molecular flexibility index (Phi) is 4.56. The summed E-state index contributed by atoms with van der Waals surface area (Å²) in [7, 11) is 0. The highest BCUT2D eigenvalue weighted by Gasteiger charge is 2.21. The number of nitrogens with zero attached hydrogens (tertiary/aromatic N) is 2. The summed E-state index contributed by atoms with van der Waals surface area (Å²) in [6.07, 6.45) is -0.278. The van der Waals surface area contributed by atoms with Gasteiger partial charge in [0, 0.05) is 11.4 Å². The summed E-state index contributed by atoms with van der Waals surface area (Å²) in [5.41, 5.74) is 1.24. The molecule has 0 spiro atoms. The predicted octanol–water partition coefficient (Wildman–Crippen LogP) is 4.36. The van der Waals surface area contributed by atoms with Crippen LogP contribution in [0.25, 0.3) is 0 Å². The first-order valence-electron chi connectivity index (χ1n) is 6.88. The minimum atomic E-state index is -0.620. The normalized spacial score (nSPS) is 11.5. The Morgan fingerprint density at radius 2 is 2.05 bits per heavy atom. The average Bonchev–Trinajstić information content (AvgIpc) is 2.73. The van der Waals surface area contributed by atoms with Gasteiger partial charge in [-0.1, -0.05) is 11.6 Å². The standard InChI is InChI=1S/C16H18ClFN2O2/c1-10-7-13(9-11-8-12(18)5-6-14(11)17)20(19-10)15(21)22-16(2,3)4/h5-8H,9H2,1-4H3. The number of aromatic nitrogens is 2. The Bertz CT molecular complexity index is 705. The van der Waals surface area contributed by atoms with Crippen molar-refractivity contribution in [3.63, 3.8) is 0 Å². The number of rotatable bonds is 2. The van der Waals surface area contributed by atoms with E-state index in [0.717, 1.165) is 0 Å². The number of aryl methyl sites for hydroxylation is 1. The van der Waals surface area contributed by atoms with Crippen LogP contribution >= 0.6 is 11.6 Å². The monoisotopic (exact) mass is 324 g/mol. The lowest BCUT2D eigenvalue weighted by molar-refractivity contribution is 0.0509. The molecule has 0 atom stereocenters. The minimum absolute atomic E-state index is 0.288. The Balaban J connectivity index is 2.32. The zero-order chi connectivity index (χ0) is 16.5. The smallest absolute Gasteiger partial charge is 0.435 e. The number of hydrogen-bond acceptors (Lipinski definition) is 3. The Morgan fingerprint density at radius 3 is 2.68 bits per heavy atom. The van der Waals surface area contributed by atoms with E-state index >= 15 is 0 Å². The van der Waals surface area contributed by atoms with Crippen molar-refractivity contribution < 1.29 is 13.9 Å². The summed E-state index contributed by atoms with van der Waals surface area (Å²) in [5, 5.41) is 4.59. The Morgan fingerprint density at radius 1 is 1.36 bits per heavy atom. The molecule has 0 saturated carbocycles. The van der Waals surface area contributed by atoms with Crippen molar-refractivity contribution >= 4 is 17.7 Å². The van der Waals surface area contributed by atoms with Gasteiger partial charge < -0.3 is 4.74 Å². The summed E-state index contributed by atoms with van der Waals surface area (Å²) < 4.78 is 19.9. The average molecular weight is 325 g/mol. The Hall–Kier alpha value is -1.88. The summed E-state index contributed by atoms with van der Waals surface area (Å²) in [4.78, 5) is 12.2. The lowest BCUT2D eigenvalue weighted by Crippen LogP contribution is -2.28. The largest absolute Gasteiger partial charge is 0.442 e. The molecule has 118 valence electrons. The van der Waals surface area contributed by atoms with Gasteiger partial charge in [0.15, 0.2) is 0 Å². The second-order valence-electron chi connectivity index (χ2n) is 6.08. The summed E-state index contributed by atoms with van der Waals surface area (Å²) in [5.74, 6) is -0.376. The molecule has 4 nitrogen and oxygen atoms in total. The molecule has 0 unspecified atom stereocenters. The van der Waals surface area contributed by atoms with Crippen molar-refractivity contribution in [1.82, 2.24) is 9.78 Å². The minimum Gasteiger partial charge on any atom is -0.442 e. The van der Waals surface area contributed by atoms with E-state index < -0.39 is 11.7 Å². The van der Waals surface area contributed by atoms with E-state index in [4.69, 9.17) is 16.3 Å². The molecule has 2 aromatic rings. The number of ether oxygens (including phenoxy) is 1. The zero-order valence-corrected chi connectivity index (χ0v) is 13.7. The summed E-state index contributed by atoms with van der Waals surface area (Å²) >= 11 is 6.08. The van der Waals surface area contributed by atoms with Crippen LogP contribution < -0.4 is 0 Å². The fourth-order valence-electron chi connectivity index (χ4n) is 2.02. The van der Waals surface area contributed by atoms with E-state index in [1.54, 1.807) is 33.8 Å². The molecular weight excluding hydrogens is 307 g/mol. The fourth-order valence-corrected chi connectivity index (χ4v) is 2.20. The zero-order valence-electron chi connectivity index (χ0n) is 13.0. The molecule has 0 radical (unpaired) electrons. The van der Waals surface area contributed by atoms with Crippen molar-refractivity contribution in [3.8, 4) is 0 Å². The molecule has 0 amide bonds. The topological polar surface area (TPSA) is 44.1 Å².